The maximum atomic E-state index is 14.2. The molecule has 0 bridgehead atoms. The highest BCUT2D eigenvalue weighted by Gasteiger charge is 2.33. The lowest BCUT2D eigenvalue weighted by Gasteiger charge is -2.29. The van der Waals surface area contributed by atoms with E-state index in [4.69, 9.17) is 4.74 Å². The van der Waals surface area contributed by atoms with Crippen molar-refractivity contribution in [3.05, 3.63) is 82.4 Å². The zero-order chi connectivity index (χ0) is 25.2. The van der Waals surface area contributed by atoms with E-state index >= 15 is 0 Å². The molecule has 36 heavy (non-hydrogen) atoms. The Hall–Kier alpha value is -4.21. The van der Waals surface area contributed by atoms with Gasteiger partial charge in [0.2, 0.25) is 5.91 Å². The van der Waals surface area contributed by atoms with Crippen LogP contribution in [0.2, 0.25) is 0 Å². The number of amides is 3. The van der Waals surface area contributed by atoms with Crippen LogP contribution >= 0.6 is 0 Å². The third-order valence-electron chi connectivity index (χ3n) is 6.52. The van der Waals surface area contributed by atoms with Crippen molar-refractivity contribution in [3.8, 4) is 5.75 Å². The van der Waals surface area contributed by atoms with Crippen molar-refractivity contribution < 1.29 is 23.5 Å². The molecule has 0 radical (unpaired) electrons. The van der Waals surface area contributed by atoms with Crippen molar-refractivity contribution >= 4 is 17.7 Å². The first kappa shape index (κ1) is 23.5. The molecule has 2 aliphatic rings. The van der Waals surface area contributed by atoms with E-state index in [2.05, 4.69) is 10.4 Å². The second kappa shape index (κ2) is 9.80. The summed E-state index contributed by atoms with van der Waals surface area (Å²) in [5.74, 6) is -1.44. The summed E-state index contributed by atoms with van der Waals surface area (Å²) in [6, 6.07) is 13.9. The number of carbonyl (C=O) groups excluding carboxylic acids is 3. The summed E-state index contributed by atoms with van der Waals surface area (Å²) in [5.41, 5.74) is 3.03. The number of fused-ring (bicyclic) bond motifs is 1. The number of halogens is 1. The lowest BCUT2D eigenvalue weighted by Crippen LogP contribution is -2.50. The van der Waals surface area contributed by atoms with Gasteiger partial charge in [-0.1, -0.05) is 30.3 Å². The van der Waals surface area contributed by atoms with Gasteiger partial charge in [-0.15, -0.1) is 0 Å². The Morgan fingerprint density at radius 2 is 1.83 bits per heavy atom. The van der Waals surface area contributed by atoms with Crippen molar-refractivity contribution in [2.75, 3.05) is 33.3 Å². The first-order chi connectivity index (χ1) is 17.4. The van der Waals surface area contributed by atoms with E-state index in [1.165, 1.54) is 24.1 Å². The molecule has 2 aromatic carbocycles. The number of methoxy groups -OCH3 is 1. The highest BCUT2D eigenvalue weighted by atomic mass is 19.1. The Bertz CT molecular complexity index is 1320. The third-order valence-corrected chi connectivity index (χ3v) is 6.52. The Morgan fingerprint density at radius 1 is 1.06 bits per heavy atom. The van der Waals surface area contributed by atoms with Gasteiger partial charge in [0.15, 0.2) is 17.3 Å². The van der Waals surface area contributed by atoms with Crippen LogP contribution in [-0.4, -0.2) is 70.6 Å². The van der Waals surface area contributed by atoms with Gasteiger partial charge in [-0.2, -0.15) is 5.10 Å². The molecule has 1 N–H and O–H groups in total. The molecule has 3 amide bonds. The van der Waals surface area contributed by atoms with E-state index in [-0.39, 0.29) is 47.8 Å². The normalized spacial score (nSPS) is 15.3. The molecule has 186 valence electrons. The molecular weight excluding hydrogens is 465 g/mol. The molecule has 1 saturated heterocycles. The van der Waals surface area contributed by atoms with Crippen molar-refractivity contribution in [3.63, 3.8) is 0 Å². The van der Waals surface area contributed by atoms with Crippen LogP contribution < -0.4 is 10.1 Å². The summed E-state index contributed by atoms with van der Waals surface area (Å²) in [4.78, 5) is 41.6. The highest BCUT2D eigenvalue weighted by Crippen LogP contribution is 2.27. The average Bonchev–Trinajstić information content (AvgIpc) is 3.25. The van der Waals surface area contributed by atoms with Gasteiger partial charge in [0.1, 0.15) is 0 Å². The lowest BCUT2D eigenvalue weighted by molar-refractivity contribution is -0.123. The van der Waals surface area contributed by atoms with E-state index in [0.29, 0.717) is 38.2 Å². The largest absolute Gasteiger partial charge is 0.494 e. The van der Waals surface area contributed by atoms with Gasteiger partial charge in [-0.05, 0) is 23.8 Å². The maximum absolute atomic E-state index is 14.2. The quantitative estimate of drug-likeness (QED) is 0.588. The van der Waals surface area contributed by atoms with Crippen molar-refractivity contribution in [2.45, 2.75) is 19.5 Å². The molecule has 0 unspecified atom stereocenters. The fourth-order valence-electron chi connectivity index (χ4n) is 4.67. The van der Waals surface area contributed by atoms with Crippen LogP contribution in [0.4, 0.5) is 4.39 Å². The number of aromatic nitrogens is 2. The van der Waals surface area contributed by atoms with Crippen LogP contribution in [0.3, 0.4) is 0 Å². The van der Waals surface area contributed by atoms with Gasteiger partial charge < -0.3 is 19.9 Å². The van der Waals surface area contributed by atoms with E-state index in [0.717, 1.165) is 17.3 Å². The first-order valence-electron chi connectivity index (χ1n) is 11.8. The molecule has 5 rings (SSSR count). The molecule has 2 aliphatic heterocycles. The number of nitrogens with one attached hydrogen (secondary N) is 1. The summed E-state index contributed by atoms with van der Waals surface area (Å²) < 4.78 is 21.0. The molecule has 0 aliphatic carbocycles. The van der Waals surface area contributed by atoms with Gasteiger partial charge in [0, 0.05) is 42.9 Å². The molecule has 10 heteroatoms. The lowest BCUT2D eigenvalue weighted by atomic mass is 10.0. The van der Waals surface area contributed by atoms with Crippen LogP contribution in [0, 0.1) is 5.82 Å². The van der Waals surface area contributed by atoms with Crippen LogP contribution in [0.15, 0.2) is 48.5 Å². The summed E-state index contributed by atoms with van der Waals surface area (Å²) >= 11 is 0. The predicted octanol–water partition coefficient (Wildman–Crippen LogP) is 1.85. The molecule has 0 spiro atoms. The summed E-state index contributed by atoms with van der Waals surface area (Å²) in [5, 5.41) is 7.39. The van der Waals surface area contributed by atoms with Gasteiger partial charge in [-0.3, -0.25) is 19.1 Å². The molecule has 1 aromatic heterocycles. The van der Waals surface area contributed by atoms with E-state index in [1.807, 2.05) is 35.0 Å². The Labute approximate surface area is 207 Å². The molecule has 9 nitrogen and oxygen atoms in total. The number of rotatable bonds is 5. The van der Waals surface area contributed by atoms with Crippen LogP contribution in [0.1, 0.15) is 37.7 Å². The minimum absolute atomic E-state index is 0.0348. The number of piperazine rings is 1. The molecule has 0 saturated carbocycles. The molecule has 0 atom stereocenters. The smallest absolute Gasteiger partial charge is 0.275 e. The fourth-order valence-corrected chi connectivity index (χ4v) is 4.67. The topological polar surface area (TPSA) is 96.8 Å². The second-order valence-electron chi connectivity index (χ2n) is 8.82. The maximum Gasteiger partial charge on any atom is 0.275 e. The predicted molar refractivity (Wildman–Crippen MR) is 128 cm³/mol. The SMILES string of the molecule is COc1ccc(C(=O)N2CCc3c(c(C(=O)N4CCNC(=O)C4)nn3Cc3ccccc3)C2)cc1F. The minimum Gasteiger partial charge on any atom is -0.494 e. The van der Waals surface area contributed by atoms with Crippen molar-refractivity contribution in [1.29, 1.82) is 0 Å². The molecular formula is C26H26FN5O4. The first-order valence-corrected chi connectivity index (χ1v) is 11.8. The standard InChI is InChI=1S/C26H26FN5O4/c1-36-22-8-7-18(13-20(22)27)25(34)30-11-9-21-19(15-30)24(26(35)31-12-10-28-23(33)16-31)29-32(21)14-17-5-3-2-4-6-17/h2-8,13H,9-12,14-16H2,1H3,(H,28,33). The van der Waals surface area contributed by atoms with E-state index in [1.54, 1.807) is 4.90 Å². The Kier molecular flexibility index (Phi) is 6.41. The summed E-state index contributed by atoms with van der Waals surface area (Å²) in [6.45, 7) is 1.78. The van der Waals surface area contributed by atoms with Crippen molar-refractivity contribution in [2.24, 2.45) is 0 Å². The number of ether oxygens (including phenoxy) is 1. The Morgan fingerprint density at radius 3 is 2.56 bits per heavy atom. The average molecular weight is 492 g/mol. The number of hydrogen-bond donors (Lipinski definition) is 1. The van der Waals surface area contributed by atoms with E-state index < -0.39 is 5.82 Å². The number of hydrogen-bond acceptors (Lipinski definition) is 5. The van der Waals surface area contributed by atoms with Crippen LogP contribution in [0.5, 0.6) is 5.75 Å². The number of carbonyl (C=O) groups is 3. The highest BCUT2D eigenvalue weighted by molar-refractivity contribution is 5.98. The van der Waals surface area contributed by atoms with Crippen LogP contribution in [-0.2, 0) is 24.3 Å². The van der Waals surface area contributed by atoms with Gasteiger partial charge in [-0.25, -0.2) is 4.39 Å². The summed E-state index contributed by atoms with van der Waals surface area (Å²) in [7, 11) is 1.36. The zero-order valence-corrected chi connectivity index (χ0v) is 19.9. The number of benzene rings is 2. The molecule has 3 aromatic rings. The fraction of sp³-hybridized carbons (Fsp3) is 0.308. The van der Waals surface area contributed by atoms with E-state index in [9.17, 15) is 18.8 Å². The van der Waals surface area contributed by atoms with Crippen molar-refractivity contribution in [1.82, 2.24) is 24.9 Å². The van der Waals surface area contributed by atoms with Gasteiger partial charge >= 0.3 is 0 Å². The van der Waals surface area contributed by atoms with Gasteiger partial charge in [0.25, 0.3) is 11.8 Å². The van der Waals surface area contributed by atoms with Gasteiger partial charge in [0.05, 0.1) is 26.7 Å². The Balaban J connectivity index is 1.47. The third kappa shape index (κ3) is 4.53. The molecule has 3 heterocycles. The zero-order valence-electron chi connectivity index (χ0n) is 19.9. The van der Waals surface area contributed by atoms with Crippen LogP contribution in [0.25, 0.3) is 0 Å². The second-order valence-corrected chi connectivity index (χ2v) is 8.82. The summed E-state index contributed by atoms with van der Waals surface area (Å²) in [6.07, 6.45) is 0.493. The minimum atomic E-state index is -0.615. The monoisotopic (exact) mass is 491 g/mol. The number of nitrogens with zero attached hydrogens (tertiary/aromatic N) is 4. The molecule has 1 fully saturated rings.